The fourth-order valence-corrected chi connectivity index (χ4v) is 3.45. The summed E-state index contributed by atoms with van der Waals surface area (Å²) in [7, 11) is 1.58. The maximum absolute atomic E-state index is 12.6. The van der Waals surface area contributed by atoms with E-state index in [0.29, 0.717) is 43.3 Å². The number of methoxy groups -OCH3 is 1. The van der Waals surface area contributed by atoms with E-state index in [9.17, 15) is 14.4 Å². The number of likely N-dealkylation sites (tertiary alicyclic amines) is 1. The van der Waals surface area contributed by atoms with Gasteiger partial charge in [-0.05, 0) is 49.2 Å². The molecule has 1 heterocycles. The van der Waals surface area contributed by atoms with Crippen LogP contribution < -0.4 is 21.3 Å². The molecule has 0 aromatic heterocycles. The fraction of sp³-hybridized carbons (Fsp3) is 0.348. The number of benzene rings is 2. The molecule has 1 aliphatic heterocycles. The molecule has 2 aromatic rings. The van der Waals surface area contributed by atoms with Crippen molar-refractivity contribution in [3.05, 3.63) is 54.6 Å². The zero-order chi connectivity index (χ0) is 22.8. The molecular weight excluding hydrogens is 410 g/mol. The van der Waals surface area contributed by atoms with Gasteiger partial charge in [-0.2, -0.15) is 0 Å². The summed E-state index contributed by atoms with van der Waals surface area (Å²) in [5.41, 5.74) is 1.90. The first-order valence-corrected chi connectivity index (χ1v) is 10.6. The van der Waals surface area contributed by atoms with Gasteiger partial charge in [0.25, 0.3) is 0 Å². The van der Waals surface area contributed by atoms with Crippen LogP contribution in [-0.2, 0) is 9.53 Å². The molecule has 2 aromatic carbocycles. The van der Waals surface area contributed by atoms with Crippen LogP contribution in [0.4, 0.5) is 26.7 Å². The highest BCUT2D eigenvalue weighted by Crippen LogP contribution is 2.19. The van der Waals surface area contributed by atoms with Crippen molar-refractivity contribution in [3.63, 3.8) is 0 Å². The van der Waals surface area contributed by atoms with Crippen molar-refractivity contribution in [2.24, 2.45) is 5.92 Å². The number of para-hydroxylation sites is 1. The molecule has 0 radical (unpaired) electrons. The van der Waals surface area contributed by atoms with Crippen LogP contribution in [0, 0.1) is 5.92 Å². The van der Waals surface area contributed by atoms with Crippen molar-refractivity contribution >= 4 is 35.0 Å². The third kappa shape index (κ3) is 6.98. The van der Waals surface area contributed by atoms with Gasteiger partial charge in [-0.25, -0.2) is 9.59 Å². The highest BCUT2D eigenvalue weighted by atomic mass is 16.5. The number of piperidine rings is 1. The van der Waals surface area contributed by atoms with Crippen molar-refractivity contribution in [1.82, 2.24) is 10.2 Å². The summed E-state index contributed by atoms with van der Waals surface area (Å²) < 4.78 is 4.95. The van der Waals surface area contributed by atoms with Crippen LogP contribution in [-0.4, -0.2) is 56.2 Å². The molecule has 0 unspecified atom stereocenters. The van der Waals surface area contributed by atoms with Gasteiger partial charge in [0.05, 0.1) is 12.5 Å². The molecule has 1 fully saturated rings. The topological polar surface area (TPSA) is 112 Å². The average molecular weight is 440 g/mol. The molecule has 1 saturated heterocycles. The number of carbonyl (C=O) groups is 3. The number of rotatable bonds is 7. The van der Waals surface area contributed by atoms with E-state index in [2.05, 4.69) is 21.3 Å². The van der Waals surface area contributed by atoms with Crippen molar-refractivity contribution in [2.45, 2.75) is 12.8 Å². The summed E-state index contributed by atoms with van der Waals surface area (Å²) in [5.74, 6) is -0.273. The third-order valence-corrected chi connectivity index (χ3v) is 5.11. The molecule has 9 heteroatoms. The standard InChI is InChI=1S/C23H29N5O4/c1-32-15-13-24-21(29)17-6-5-14-28(16-17)23(31)27-20-11-9-19(10-12-20)26-22(30)25-18-7-3-2-4-8-18/h2-4,7-12,17H,5-6,13-16H2,1H3,(H,24,29)(H,27,31)(H2,25,26,30)/t17-/m1/s1. The lowest BCUT2D eigenvalue weighted by Gasteiger charge is -2.32. The maximum Gasteiger partial charge on any atom is 0.323 e. The normalized spacial score (nSPS) is 15.5. The van der Waals surface area contributed by atoms with Crippen LogP contribution in [0.5, 0.6) is 0 Å². The predicted octanol–water partition coefficient (Wildman–Crippen LogP) is 3.34. The molecule has 9 nitrogen and oxygen atoms in total. The van der Waals surface area contributed by atoms with E-state index in [0.717, 1.165) is 12.8 Å². The van der Waals surface area contributed by atoms with E-state index >= 15 is 0 Å². The summed E-state index contributed by atoms with van der Waals surface area (Å²) >= 11 is 0. The summed E-state index contributed by atoms with van der Waals surface area (Å²) in [6, 6.07) is 15.4. The van der Waals surface area contributed by atoms with E-state index in [1.54, 1.807) is 48.4 Å². The first-order valence-electron chi connectivity index (χ1n) is 10.6. The number of anilines is 3. The second-order valence-corrected chi connectivity index (χ2v) is 7.52. The lowest BCUT2D eigenvalue weighted by Crippen LogP contribution is -2.47. The fourth-order valence-electron chi connectivity index (χ4n) is 3.45. The highest BCUT2D eigenvalue weighted by molar-refractivity contribution is 6.00. The van der Waals surface area contributed by atoms with E-state index in [1.807, 2.05) is 18.2 Å². The SMILES string of the molecule is COCCNC(=O)[C@@H]1CCCN(C(=O)Nc2ccc(NC(=O)Nc3ccccc3)cc2)C1. The number of nitrogens with one attached hydrogen (secondary N) is 4. The zero-order valence-electron chi connectivity index (χ0n) is 18.1. The zero-order valence-corrected chi connectivity index (χ0v) is 18.1. The minimum atomic E-state index is -0.351. The van der Waals surface area contributed by atoms with Crippen LogP contribution in [0.2, 0.25) is 0 Å². The number of amides is 5. The van der Waals surface area contributed by atoms with Gasteiger partial charge in [-0.15, -0.1) is 0 Å². The lowest BCUT2D eigenvalue weighted by atomic mass is 9.97. The van der Waals surface area contributed by atoms with Crippen molar-refractivity contribution in [2.75, 3.05) is 49.3 Å². The summed E-state index contributed by atoms with van der Waals surface area (Å²) in [6.07, 6.45) is 1.53. The largest absolute Gasteiger partial charge is 0.383 e. The highest BCUT2D eigenvalue weighted by Gasteiger charge is 2.28. The molecule has 4 N–H and O–H groups in total. The first-order chi connectivity index (χ1) is 15.5. The Hall–Kier alpha value is -3.59. The molecule has 0 saturated carbocycles. The van der Waals surface area contributed by atoms with Crippen molar-refractivity contribution in [3.8, 4) is 0 Å². The monoisotopic (exact) mass is 439 g/mol. The first kappa shape index (κ1) is 23.1. The summed E-state index contributed by atoms with van der Waals surface area (Å²) in [5, 5.41) is 11.2. The van der Waals surface area contributed by atoms with E-state index in [4.69, 9.17) is 4.74 Å². The molecule has 170 valence electrons. The Morgan fingerprint density at radius 1 is 0.938 bits per heavy atom. The second kappa shape index (κ2) is 11.7. The summed E-state index contributed by atoms with van der Waals surface area (Å²) in [4.78, 5) is 38.7. The van der Waals surface area contributed by atoms with Crippen LogP contribution in [0.1, 0.15) is 12.8 Å². The Morgan fingerprint density at radius 2 is 1.56 bits per heavy atom. The average Bonchev–Trinajstić information content (AvgIpc) is 2.81. The minimum absolute atomic E-state index is 0.0521. The van der Waals surface area contributed by atoms with Crippen LogP contribution >= 0.6 is 0 Å². The van der Waals surface area contributed by atoms with Gasteiger partial charge in [-0.3, -0.25) is 4.79 Å². The van der Waals surface area contributed by atoms with Gasteiger partial charge in [0.1, 0.15) is 0 Å². The molecule has 3 rings (SSSR count). The Bertz CT molecular complexity index is 904. The molecule has 5 amide bonds. The van der Waals surface area contributed by atoms with E-state index < -0.39 is 0 Å². The second-order valence-electron chi connectivity index (χ2n) is 7.52. The maximum atomic E-state index is 12.6. The third-order valence-electron chi connectivity index (χ3n) is 5.11. The number of hydrogen-bond acceptors (Lipinski definition) is 4. The van der Waals surface area contributed by atoms with E-state index in [1.165, 1.54) is 0 Å². The van der Waals surface area contributed by atoms with Crippen molar-refractivity contribution < 1.29 is 19.1 Å². The Morgan fingerprint density at radius 3 is 2.22 bits per heavy atom. The smallest absolute Gasteiger partial charge is 0.323 e. The molecule has 0 spiro atoms. The molecule has 1 atom stereocenters. The molecular formula is C23H29N5O4. The Labute approximate surface area is 187 Å². The number of nitrogens with zero attached hydrogens (tertiary/aromatic N) is 1. The van der Waals surface area contributed by atoms with Gasteiger partial charge >= 0.3 is 12.1 Å². The van der Waals surface area contributed by atoms with Gasteiger partial charge in [0.2, 0.25) is 5.91 Å². The van der Waals surface area contributed by atoms with Crippen LogP contribution in [0.25, 0.3) is 0 Å². The number of carbonyl (C=O) groups excluding carboxylic acids is 3. The quantitative estimate of drug-likeness (QED) is 0.496. The number of hydrogen-bond donors (Lipinski definition) is 4. The van der Waals surface area contributed by atoms with Gasteiger partial charge in [0.15, 0.2) is 0 Å². The molecule has 0 bridgehead atoms. The number of ether oxygens (including phenoxy) is 1. The predicted molar refractivity (Wildman–Crippen MR) is 124 cm³/mol. The number of urea groups is 2. The Balaban J connectivity index is 1.47. The molecule has 0 aliphatic carbocycles. The van der Waals surface area contributed by atoms with Gasteiger partial charge in [-0.1, -0.05) is 18.2 Å². The molecule has 1 aliphatic rings. The van der Waals surface area contributed by atoms with Crippen LogP contribution in [0.3, 0.4) is 0 Å². The molecule has 32 heavy (non-hydrogen) atoms. The Kier molecular flexibility index (Phi) is 8.44. The van der Waals surface area contributed by atoms with Crippen molar-refractivity contribution in [1.29, 1.82) is 0 Å². The lowest BCUT2D eigenvalue weighted by molar-refractivity contribution is -0.126. The van der Waals surface area contributed by atoms with Gasteiger partial charge in [0, 0.05) is 43.8 Å². The van der Waals surface area contributed by atoms with Crippen LogP contribution in [0.15, 0.2) is 54.6 Å². The summed E-state index contributed by atoms with van der Waals surface area (Å²) in [6.45, 7) is 1.90. The van der Waals surface area contributed by atoms with E-state index in [-0.39, 0.29) is 23.9 Å². The minimum Gasteiger partial charge on any atom is -0.383 e. The van der Waals surface area contributed by atoms with Gasteiger partial charge < -0.3 is 30.9 Å².